The van der Waals surface area contributed by atoms with Gasteiger partial charge in [0.15, 0.2) is 6.61 Å². The number of nitrogens with one attached hydrogen (secondary N) is 1. The minimum absolute atomic E-state index is 0.00976. The first-order chi connectivity index (χ1) is 11.4. The van der Waals surface area contributed by atoms with Crippen LogP contribution in [0.2, 0.25) is 0 Å². The Morgan fingerprint density at radius 3 is 2.42 bits per heavy atom. The number of methoxy groups -OCH3 is 1. The van der Waals surface area contributed by atoms with E-state index in [4.69, 9.17) is 9.47 Å². The van der Waals surface area contributed by atoms with Crippen molar-refractivity contribution in [1.29, 1.82) is 0 Å². The number of amides is 1. The summed E-state index contributed by atoms with van der Waals surface area (Å²) in [7, 11) is 1.63. The van der Waals surface area contributed by atoms with Gasteiger partial charge in [-0.1, -0.05) is 35.9 Å². The normalized spacial score (nSPS) is 11.7. The van der Waals surface area contributed by atoms with Crippen molar-refractivity contribution in [3.63, 3.8) is 0 Å². The molecule has 24 heavy (non-hydrogen) atoms. The lowest BCUT2D eigenvalue weighted by Crippen LogP contribution is -2.31. The molecule has 128 valence electrons. The highest BCUT2D eigenvalue weighted by molar-refractivity contribution is 5.78. The third-order valence-electron chi connectivity index (χ3n) is 3.99. The molecule has 2 rings (SSSR count). The summed E-state index contributed by atoms with van der Waals surface area (Å²) < 4.78 is 11.1. The van der Waals surface area contributed by atoms with E-state index in [0.29, 0.717) is 0 Å². The monoisotopic (exact) mass is 327 g/mol. The highest BCUT2D eigenvalue weighted by Gasteiger charge is 2.15. The Morgan fingerprint density at radius 2 is 1.79 bits per heavy atom. The molecule has 0 spiro atoms. The second kappa shape index (κ2) is 7.86. The average Bonchev–Trinajstić information content (AvgIpc) is 2.54. The fraction of sp³-hybridized carbons (Fsp3) is 0.350. The smallest absolute Gasteiger partial charge is 0.258 e. The van der Waals surface area contributed by atoms with E-state index in [0.717, 1.165) is 33.8 Å². The SMILES string of the molecule is COc1ccc(C)cc1[C@H](C)NC(=O)COc1c(C)cccc1C. The number of carbonyl (C=O) groups is 1. The van der Waals surface area contributed by atoms with E-state index in [1.54, 1.807) is 7.11 Å². The maximum Gasteiger partial charge on any atom is 0.258 e. The van der Waals surface area contributed by atoms with Gasteiger partial charge in [0.1, 0.15) is 11.5 Å². The molecular formula is C20H25NO3. The molecule has 1 amide bonds. The lowest BCUT2D eigenvalue weighted by atomic mass is 10.0. The molecule has 0 bridgehead atoms. The molecule has 0 aliphatic rings. The van der Waals surface area contributed by atoms with Crippen LogP contribution in [-0.2, 0) is 4.79 Å². The molecule has 0 heterocycles. The van der Waals surface area contributed by atoms with E-state index in [9.17, 15) is 4.79 Å². The Labute approximate surface area is 143 Å². The van der Waals surface area contributed by atoms with Crippen LogP contribution in [0.1, 0.15) is 35.2 Å². The molecule has 0 aromatic heterocycles. The van der Waals surface area contributed by atoms with Crippen molar-refractivity contribution in [3.8, 4) is 11.5 Å². The van der Waals surface area contributed by atoms with Crippen LogP contribution in [0, 0.1) is 20.8 Å². The number of hydrogen-bond acceptors (Lipinski definition) is 3. The summed E-state index contributed by atoms with van der Waals surface area (Å²) in [5.74, 6) is 1.38. The highest BCUT2D eigenvalue weighted by Crippen LogP contribution is 2.26. The maximum absolute atomic E-state index is 12.2. The average molecular weight is 327 g/mol. The van der Waals surface area contributed by atoms with Gasteiger partial charge >= 0.3 is 0 Å². The van der Waals surface area contributed by atoms with Gasteiger partial charge in [-0.05, 0) is 44.9 Å². The second-order valence-electron chi connectivity index (χ2n) is 6.04. The standard InChI is InChI=1S/C20H25NO3/c1-13-9-10-18(23-5)17(11-13)16(4)21-19(22)12-24-20-14(2)7-6-8-15(20)3/h6-11,16H,12H2,1-5H3,(H,21,22)/t16-/m0/s1. The molecule has 0 aliphatic carbocycles. The zero-order chi connectivity index (χ0) is 17.7. The third-order valence-corrected chi connectivity index (χ3v) is 3.99. The highest BCUT2D eigenvalue weighted by atomic mass is 16.5. The largest absolute Gasteiger partial charge is 0.496 e. The lowest BCUT2D eigenvalue weighted by molar-refractivity contribution is -0.123. The Morgan fingerprint density at radius 1 is 1.12 bits per heavy atom. The van der Waals surface area contributed by atoms with Crippen LogP contribution in [0.4, 0.5) is 0 Å². The molecule has 0 saturated heterocycles. The number of para-hydroxylation sites is 1. The molecule has 0 saturated carbocycles. The van der Waals surface area contributed by atoms with Crippen molar-refractivity contribution in [3.05, 3.63) is 58.7 Å². The summed E-state index contributed by atoms with van der Waals surface area (Å²) in [6.07, 6.45) is 0. The number of aryl methyl sites for hydroxylation is 3. The molecule has 2 aromatic carbocycles. The summed E-state index contributed by atoms with van der Waals surface area (Å²) in [5, 5.41) is 2.96. The quantitative estimate of drug-likeness (QED) is 0.876. The van der Waals surface area contributed by atoms with Gasteiger partial charge < -0.3 is 14.8 Å². The first-order valence-corrected chi connectivity index (χ1v) is 8.05. The van der Waals surface area contributed by atoms with Gasteiger partial charge in [0.25, 0.3) is 5.91 Å². The fourth-order valence-electron chi connectivity index (χ4n) is 2.72. The predicted octanol–water partition coefficient (Wildman–Crippen LogP) is 3.88. The number of ether oxygens (including phenoxy) is 2. The minimum atomic E-state index is -0.159. The van der Waals surface area contributed by atoms with Crippen molar-refractivity contribution in [2.45, 2.75) is 33.7 Å². The first-order valence-electron chi connectivity index (χ1n) is 8.05. The zero-order valence-electron chi connectivity index (χ0n) is 15.0. The van der Waals surface area contributed by atoms with E-state index >= 15 is 0 Å². The summed E-state index contributed by atoms with van der Waals surface area (Å²) in [4.78, 5) is 12.2. The number of hydrogen-bond donors (Lipinski definition) is 1. The molecule has 1 atom stereocenters. The number of benzene rings is 2. The molecule has 4 heteroatoms. The topological polar surface area (TPSA) is 47.6 Å². The second-order valence-corrected chi connectivity index (χ2v) is 6.04. The van der Waals surface area contributed by atoms with Gasteiger partial charge in [0, 0.05) is 5.56 Å². The van der Waals surface area contributed by atoms with Crippen LogP contribution < -0.4 is 14.8 Å². The molecule has 4 nitrogen and oxygen atoms in total. The van der Waals surface area contributed by atoms with Crippen LogP contribution in [0.5, 0.6) is 11.5 Å². The summed E-state index contributed by atoms with van der Waals surface area (Å²) in [6.45, 7) is 7.89. The van der Waals surface area contributed by atoms with Crippen LogP contribution in [0.3, 0.4) is 0 Å². The van der Waals surface area contributed by atoms with Gasteiger partial charge in [0.05, 0.1) is 13.2 Å². The third kappa shape index (κ3) is 4.28. The Hall–Kier alpha value is -2.49. The van der Waals surface area contributed by atoms with E-state index in [1.807, 2.05) is 64.1 Å². The molecule has 2 aromatic rings. The van der Waals surface area contributed by atoms with Crippen LogP contribution in [0.15, 0.2) is 36.4 Å². The van der Waals surface area contributed by atoms with Crippen molar-refractivity contribution in [2.75, 3.05) is 13.7 Å². The first kappa shape index (κ1) is 17.9. The number of carbonyl (C=O) groups excluding carboxylic acids is 1. The van der Waals surface area contributed by atoms with Crippen LogP contribution in [0.25, 0.3) is 0 Å². The fourth-order valence-corrected chi connectivity index (χ4v) is 2.72. The number of rotatable bonds is 6. The Kier molecular flexibility index (Phi) is 5.85. The molecule has 0 radical (unpaired) electrons. The van der Waals surface area contributed by atoms with E-state index in [1.165, 1.54) is 0 Å². The van der Waals surface area contributed by atoms with Gasteiger partial charge in [-0.25, -0.2) is 0 Å². The van der Waals surface area contributed by atoms with Crippen LogP contribution >= 0.6 is 0 Å². The Bertz CT molecular complexity index is 705. The zero-order valence-corrected chi connectivity index (χ0v) is 15.0. The predicted molar refractivity (Wildman–Crippen MR) is 95.7 cm³/mol. The molecule has 0 fully saturated rings. The van der Waals surface area contributed by atoms with Crippen LogP contribution in [-0.4, -0.2) is 19.6 Å². The summed E-state index contributed by atoms with van der Waals surface area (Å²) in [5.41, 5.74) is 4.13. The minimum Gasteiger partial charge on any atom is -0.496 e. The van der Waals surface area contributed by atoms with Crippen molar-refractivity contribution in [2.24, 2.45) is 0 Å². The maximum atomic E-state index is 12.2. The van der Waals surface area contributed by atoms with E-state index in [-0.39, 0.29) is 18.6 Å². The van der Waals surface area contributed by atoms with Crippen molar-refractivity contribution < 1.29 is 14.3 Å². The van der Waals surface area contributed by atoms with Crippen molar-refractivity contribution in [1.82, 2.24) is 5.32 Å². The molecular weight excluding hydrogens is 302 g/mol. The van der Waals surface area contributed by atoms with E-state index < -0.39 is 0 Å². The summed E-state index contributed by atoms with van der Waals surface area (Å²) in [6, 6.07) is 11.7. The van der Waals surface area contributed by atoms with Gasteiger partial charge in [-0.15, -0.1) is 0 Å². The van der Waals surface area contributed by atoms with E-state index in [2.05, 4.69) is 5.32 Å². The molecule has 0 unspecified atom stereocenters. The van der Waals surface area contributed by atoms with Crippen molar-refractivity contribution >= 4 is 5.91 Å². The van der Waals surface area contributed by atoms with Gasteiger partial charge in [0.2, 0.25) is 0 Å². The van der Waals surface area contributed by atoms with Gasteiger partial charge in [-0.3, -0.25) is 4.79 Å². The lowest BCUT2D eigenvalue weighted by Gasteiger charge is -2.18. The Balaban J connectivity index is 2.01. The summed E-state index contributed by atoms with van der Waals surface area (Å²) >= 11 is 0. The van der Waals surface area contributed by atoms with Gasteiger partial charge in [-0.2, -0.15) is 0 Å². The molecule has 1 N–H and O–H groups in total. The molecule has 0 aliphatic heterocycles.